The second-order valence-electron chi connectivity index (χ2n) is 6.76. The molecule has 1 aromatic rings. The van der Waals surface area contributed by atoms with Crippen LogP contribution in [0.25, 0.3) is 0 Å². The van der Waals surface area contributed by atoms with Crippen molar-refractivity contribution in [2.45, 2.75) is 59.0 Å². The molecule has 0 radical (unpaired) electrons. The zero-order valence-corrected chi connectivity index (χ0v) is 15.4. The number of benzene rings is 1. The average molecular weight is 332 g/mol. The molecular weight excluding hydrogens is 300 g/mol. The topological polar surface area (TPSA) is 41.6 Å². The van der Waals surface area contributed by atoms with E-state index in [1.165, 1.54) is 37.9 Å². The molecule has 134 valence electrons. The van der Waals surface area contributed by atoms with E-state index in [-0.39, 0.29) is 5.91 Å². The van der Waals surface area contributed by atoms with Gasteiger partial charge in [0.25, 0.3) is 5.91 Å². The smallest absolute Gasteiger partial charge is 0.261 e. The van der Waals surface area contributed by atoms with Gasteiger partial charge in [-0.25, -0.2) is 0 Å². The van der Waals surface area contributed by atoms with Crippen molar-refractivity contribution < 1.29 is 9.53 Å². The van der Waals surface area contributed by atoms with E-state index in [0.717, 1.165) is 30.8 Å². The molecular formula is C20H32N2O2. The van der Waals surface area contributed by atoms with Gasteiger partial charge in [-0.3, -0.25) is 4.79 Å². The maximum Gasteiger partial charge on any atom is 0.261 e. The van der Waals surface area contributed by atoms with Gasteiger partial charge in [-0.15, -0.1) is 0 Å². The van der Waals surface area contributed by atoms with Crippen molar-refractivity contribution >= 4 is 5.91 Å². The lowest BCUT2D eigenvalue weighted by Crippen LogP contribution is -2.39. The molecule has 2 rings (SSSR count). The summed E-state index contributed by atoms with van der Waals surface area (Å²) in [7, 11) is 0. The van der Waals surface area contributed by atoms with E-state index in [9.17, 15) is 4.79 Å². The van der Waals surface area contributed by atoms with Gasteiger partial charge in [0.05, 0.1) is 0 Å². The first-order chi connectivity index (χ1) is 11.6. The summed E-state index contributed by atoms with van der Waals surface area (Å²) in [6.07, 6.45) is 5.25. The van der Waals surface area contributed by atoms with Crippen LogP contribution >= 0.6 is 0 Å². The van der Waals surface area contributed by atoms with E-state index in [0.29, 0.717) is 6.42 Å². The standard InChI is InChI=1S/C20H32N2O2/c1-4-18(24-19-11-8-10-16(2)17(19)3)20(23)21-12-9-15-22-13-6-5-7-14-22/h8,10-11,18H,4-7,9,12-15H2,1-3H3,(H,21,23). The SMILES string of the molecule is CCC(Oc1cccc(C)c1C)C(=O)NCCCN1CCCCC1. The minimum absolute atomic E-state index is 0.00273. The number of piperidine rings is 1. The zero-order chi connectivity index (χ0) is 17.4. The number of rotatable bonds is 8. The van der Waals surface area contributed by atoms with Crippen molar-refractivity contribution in [1.82, 2.24) is 10.2 Å². The van der Waals surface area contributed by atoms with Gasteiger partial charge >= 0.3 is 0 Å². The molecule has 0 saturated carbocycles. The molecule has 0 aromatic heterocycles. The summed E-state index contributed by atoms with van der Waals surface area (Å²) >= 11 is 0. The molecule has 1 aliphatic rings. The number of carbonyl (C=O) groups is 1. The predicted molar refractivity (Wildman–Crippen MR) is 98.5 cm³/mol. The highest BCUT2D eigenvalue weighted by atomic mass is 16.5. The van der Waals surface area contributed by atoms with Gasteiger partial charge in [-0.05, 0) is 76.4 Å². The van der Waals surface area contributed by atoms with Crippen LogP contribution in [0.1, 0.15) is 50.2 Å². The number of amides is 1. The van der Waals surface area contributed by atoms with Crippen molar-refractivity contribution in [2.24, 2.45) is 0 Å². The van der Waals surface area contributed by atoms with E-state index in [1.807, 2.05) is 26.0 Å². The molecule has 0 aliphatic carbocycles. The van der Waals surface area contributed by atoms with Crippen LogP contribution in [0.2, 0.25) is 0 Å². The normalized spacial score (nSPS) is 16.6. The first kappa shape index (κ1) is 18.8. The number of carbonyl (C=O) groups excluding carboxylic acids is 1. The predicted octanol–water partition coefficient (Wildman–Crippen LogP) is 3.45. The average Bonchev–Trinajstić information content (AvgIpc) is 2.60. The highest BCUT2D eigenvalue weighted by Crippen LogP contribution is 2.22. The molecule has 1 fully saturated rings. The first-order valence-electron chi connectivity index (χ1n) is 9.34. The van der Waals surface area contributed by atoms with E-state index in [2.05, 4.69) is 23.2 Å². The minimum Gasteiger partial charge on any atom is -0.480 e. The molecule has 1 saturated heterocycles. The number of hydrogen-bond acceptors (Lipinski definition) is 3. The number of aryl methyl sites for hydroxylation is 1. The molecule has 1 aromatic carbocycles. The Balaban J connectivity index is 1.75. The molecule has 1 unspecified atom stereocenters. The van der Waals surface area contributed by atoms with Crippen LogP contribution in [-0.2, 0) is 4.79 Å². The molecule has 0 spiro atoms. The van der Waals surface area contributed by atoms with Gasteiger partial charge in [-0.2, -0.15) is 0 Å². The van der Waals surface area contributed by atoms with Crippen molar-refractivity contribution in [3.63, 3.8) is 0 Å². The molecule has 4 heteroatoms. The van der Waals surface area contributed by atoms with Crippen molar-refractivity contribution in [2.75, 3.05) is 26.2 Å². The Labute approximate surface area is 146 Å². The van der Waals surface area contributed by atoms with Crippen LogP contribution in [0.4, 0.5) is 0 Å². The highest BCUT2D eigenvalue weighted by molar-refractivity contribution is 5.81. The quantitative estimate of drug-likeness (QED) is 0.741. The Hall–Kier alpha value is -1.55. The maximum absolute atomic E-state index is 12.4. The Morgan fingerprint density at radius 3 is 2.71 bits per heavy atom. The molecule has 4 nitrogen and oxygen atoms in total. The van der Waals surface area contributed by atoms with Crippen LogP contribution in [0, 0.1) is 13.8 Å². The number of ether oxygens (including phenoxy) is 1. The molecule has 1 heterocycles. The summed E-state index contributed by atoms with van der Waals surface area (Å²) in [5.74, 6) is 0.808. The highest BCUT2D eigenvalue weighted by Gasteiger charge is 2.19. The second-order valence-corrected chi connectivity index (χ2v) is 6.76. The van der Waals surface area contributed by atoms with Gasteiger partial charge in [0.2, 0.25) is 0 Å². The number of likely N-dealkylation sites (tertiary alicyclic amines) is 1. The van der Waals surface area contributed by atoms with Crippen LogP contribution in [-0.4, -0.2) is 43.1 Å². The van der Waals surface area contributed by atoms with Crippen LogP contribution in [0.15, 0.2) is 18.2 Å². The Morgan fingerprint density at radius 2 is 2.00 bits per heavy atom. The number of nitrogens with one attached hydrogen (secondary N) is 1. The van der Waals surface area contributed by atoms with Crippen LogP contribution in [0.5, 0.6) is 5.75 Å². The Morgan fingerprint density at radius 1 is 1.25 bits per heavy atom. The van der Waals surface area contributed by atoms with Crippen molar-refractivity contribution in [3.8, 4) is 5.75 Å². The summed E-state index contributed by atoms with van der Waals surface area (Å²) in [5, 5.41) is 3.04. The molecule has 1 aliphatic heterocycles. The van der Waals surface area contributed by atoms with E-state index < -0.39 is 6.10 Å². The summed E-state index contributed by atoms with van der Waals surface area (Å²) < 4.78 is 5.96. The fourth-order valence-electron chi connectivity index (χ4n) is 3.14. The maximum atomic E-state index is 12.4. The van der Waals surface area contributed by atoms with Crippen molar-refractivity contribution in [3.05, 3.63) is 29.3 Å². The fraction of sp³-hybridized carbons (Fsp3) is 0.650. The zero-order valence-electron chi connectivity index (χ0n) is 15.4. The lowest BCUT2D eigenvalue weighted by atomic mass is 10.1. The molecule has 1 amide bonds. The molecule has 24 heavy (non-hydrogen) atoms. The van der Waals surface area contributed by atoms with Gasteiger partial charge in [0.1, 0.15) is 5.75 Å². The van der Waals surface area contributed by atoms with Gasteiger partial charge in [-0.1, -0.05) is 25.5 Å². The van der Waals surface area contributed by atoms with Gasteiger partial charge in [0, 0.05) is 6.54 Å². The first-order valence-corrected chi connectivity index (χ1v) is 9.34. The monoisotopic (exact) mass is 332 g/mol. The molecule has 1 N–H and O–H groups in total. The number of nitrogens with zero attached hydrogens (tertiary/aromatic N) is 1. The van der Waals surface area contributed by atoms with Crippen LogP contribution in [0.3, 0.4) is 0 Å². The lowest BCUT2D eigenvalue weighted by Gasteiger charge is -2.26. The van der Waals surface area contributed by atoms with Gasteiger partial charge < -0.3 is 15.0 Å². The third-order valence-electron chi connectivity index (χ3n) is 4.89. The number of hydrogen-bond donors (Lipinski definition) is 1. The van der Waals surface area contributed by atoms with E-state index >= 15 is 0 Å². The molecule has 0 bridgehead atoms. The lowest BCUT2D eigenvalue weighted by molar-refractivity contribution is -0.128. The molecule has 1 atom stereocenters. The third-order valence-corrected chi connectivity index (χ3v) is 4.89. The largest absolute Gasteiger partial charge is 0.480 e. The van der Waals surface area contributed by atoms with E-state index in [1.54, 1.807) is 0 Å². The third kappa shape index (κ3) is 5.52. The second kappa shape index (κ2) is 9.67. The summed E-state index contributed by atoms with van der Waals surface area (Å²) in [6.45, 7) is 10.3. The fourth-order valence-corrected chi connectivity index (χ4v) is 3.14. The minimum atomic E-state index is -0.416. The van der Waals surface area contributed by atoms with Crippen LogP contribution < -0.4 is 10.1 Å². The Kier molecular flexibility index (Phi) is 7.57. The van der Waals surface area contributed by atoms with Gasteiger partial charge in [0.15, 0.2) is 6.10 Å². The van der Waals surface area contributed by atoms with E-state index in [4.69, 9.17) is 4.74 Å². The summed E-state index contributed by atoms with van der Waals surface area (Å²) in [6, 6.07) is 5.97. The summed E-state index contributed by atoms with van der Waals surface area (Å²) in [5.41, 5.74) is 2.29. The Bertz CT molecular complexity index is 524. The van der Waals surface area contributed by atoms with Crippen molar-refractivity contribution in [1.29, 1.82) is 0 Å². The summed E-state index contributed by atoms with van der Waals surface area (Å²) in [4.78, 5) is 14.9.